The van der Waals surface area contributed by atoms with Gasteiger partial charge in [0.1, 0.15) is 0 Å². The summed E-state index contributed by atoms with van der Waals surface area (Å²) in [4.78, 5) is 23.6. The summed E-state index contributed by atoms with van der Waals surface area (Å²) in [6, 6.07) is 10.4. The number of carbonyl (C=O) groups is 2. The van der Waals surface area contributed by atoms with E-state index in [0.717, 1.165) is 12.1 Å². The van der Waals surface area contributed by atoms with Crippen LogP contribution in [0.2, 0.25) is 5.02 Å². The first-order valence-corrected chi connectivity index (χ1v) is 7.14. The maximum absolute atomic E-state index is 12.6. The fourth-order valence-electron chi connectivity index (χ4n) is 1.87. The average molecular weight is 357 g/mol. The van der Waals surface area contributed by atoms with E-state index >= 15 is 0 Å². The fourth-order valence-corrected chi connectivity index (χ4v) is 2.06. The SMILES string of the molecule is O=C(CNC(=O)c1cccc(Cl)c1)Nc1cccc(C(F)(F)F)c1. The molecule has 4 nitrogen and oxygen atoms in total. The van der Waals surface area contributed by atoms with Crippen molar-refractivity contribution in [2.45, 2.75) is 6.18 Å². The molecule has 0 aliphatic heterocycles. The van der Waals surface area contributed by atoms with Gasteiger partial charge < -0.3 is 10.6 Å². The van der Waals surface area contributed by atoms with Crippen molar-refractivity contribution in [2.24, 2.45) is 0 Å². The second-order valence-electron chi connectivity index (χ2n) is 4.82. The molecule has 0 aliphatic rings. The smallest absolute Gasteiger partial charge is 0.343 e. The van der Waals surface area contributed by atoms with Crippen molar-refractivity contribution >= 4 is 29.1 Å². The molecule has 0 aromatic heterocycles. The van der Waals surface area contributed by atoms with Gasteiger partial charge in [0, 0.05) is 16.3 Å². The fraction of sp³-hybridized carbons (Fsp3) is 0.125. The lowest BCUT2D eigenvalue weighted by Crippen LogP contribution is -2.32. The Bertz CT molecular complexity index is 763. The molecule has 2 aromatic rings. The number of carbonyl (C=O) groups excluding carboxylic acids is 2. The predicted octanol–water partition coefficient (Wildman–Crippen LogP) is 3.73. The van der Waals surface area contributed by atoms with Gasteiger partial charge in [0.15, 0.2) is 0 Å². The van der Waals surface area contributed by atoms with Crippen LogP contribution in [0.3, 0.4) is 0 Å². The number of amides is 2. The lowest BCUT2D eigenvalue weighted by atomic mass is 10.2. The van der Waals surface area contributed by atoms with Gasteiger partial charge in [-0.15, -0.1) is 0 Å². The van der Waals surface area contributed by atoms with Gasteiger partial charge in [-0.05, 0) is 36.4 Å². The third-order valence-electron chi connectivity index (χ3n) is 2.97. The van der Waals surface area contributed by atoms with Gasteiger partial charge in [-0.2, -0.15) is 13.2 Å². The standard InChI is InChI=1S/C16H12ClF3N2O2/c17-12-5-1-3-10(7-12)15(24)21-9-14(23)22-13-6-2-4-11(8-13)16(18,19)20/h1-8H,9H2,(H,21,24)(H,22,23). The van der Waals surface area contributed by atoms with Gasteiger partial charge in [-0.1, -0.05) is 23.7 Å². The lowest BCUT2D eigenvalue weighted by molar-refractivity contribution is -0.137. The van der Waals surface area contributed by atoms with Gasteiger partial charge in [0.05, 0.1) is 12.1 Å². The number of alkyl halides is 3. The number of nitrogens with one attached hydrogen (secondary N) is 2. The zero-order valence-electron chi connectivity index (χ0n) is 12.2. The Morgan fingerprint density at radius 2 is 1.75 bits per heavy atom. The van der Waals surface area contributed by atoms with Crippen LogP contribution in [-0.2, 0) is 11.0 Å². The second kappa shape index (κ2) is 7.35. The van der Waals surface area contributed by atoms with E-state index in [1.165, 1.54) is 24.3 Å². The molecule has 8 heteroatoms. The molecule has 126 valence electrons. The molecule has 0 heterocycles. The van der Waals surface area contributed by atoms with E-state index in [1.54, 1.807) is 12.1 Å². The second-order valence-corrected chi connectivity index (χ2v) is 5.26. The number of hydrogen-bond acceptors (Lipinski definition) is 2. The zero-order chi connectivity index (χ0) is 17.7. The summed E-state index contributed by atoms with van der Waals surface area (Å²) >= 11 is 5.76. The van der Waals surface area contributed by atoms with E-state index < -0.39 is 23.6 Å². The zero-order valence-corrected chi connectivity index (χ0v) is 12.9. The predicted molar refractivity (Wildman–Crippen MR) is 83.9 cm³/mol. The average Bonchev–Trinajstić information content (AvgIpc) is 2.52. The summed E-state index contributed by atoms with van der Waals surface area (Å²) in [5, 5.41) is 5.02. The van der Waals surface area contributed by atoms with Crippen LogP contribution < -0.4 is 10.6 Å². The highest BCUT2D eigenvalue weighted by Crippen LogP contribution is 2.30. The Hall–Kier alpha value is -2.54. The van der Waals surface area contributed by atoms with Gasteiger partial charge in [0.25, 0.3) is 5.91 Å². The molecule has 0 saturated heterocycles. The quantitative estimate of drug-likeness (QED) is 0.877. The van der Waals surface area contributed by atoms with E-state index in [1.807, 2.05) is 0 Å². The molecule has 2 amide bonds. The van der Waals surface area contributed by atoms with Gasteiger partial charge >= 0.3 is 6.18 Å². The molecule has 2 N–H and O–H groups in total. The summed E-state index contributed by atoms with van der Waals surface area (Å²) in [5.41, 5.74) is -0.607. The highest BCUT2D eigenvalue weighted by atomic mass is 35.5. The summed E-state index contributed by atoms with van der Waals surface area (Å²) in [5.74, 6) is -1.17. The van der Waals surface area contributed by atoms with Crippen molar-refractivity contribution in [3.63, 3.8) is 0 Å². The minimum absolute atomic E-state index is 0.00757. The van der Waals surface area contributed by atoms with Crippen molar-refractivity contribution in [1.29, 1.82) is 0 Å². The number of benzene rings is 2. The van der Waals surface area contributed by atoms with Crippen molar-refractivity contribution in [3.8, 4) is 0 Å². The molecular weight excluding hydrogens is 345 g/mol. The topological polar surface area (TPSA) is 58.2 Å². The molecule has 0 unspecified atom stereocenters. The van der Waals surface area contributed by atoms with Gasteiger partial charge in [0.2, 0.25) is 5.91 Å². The van der Waals surface area contributed by atoms with Gasteiger partial charge in [-0.25, -0.2) is 0 Å². The first-order chi connectivity index (χ1) is 11.3. The molecule has 0 saturated carbocycles. The molecule has 0 bridgehead atoms. The van der Waals surface area contributed by atoms with Crippen LogP contribution in [-0.4, -0.2) is 18.4 Å². The Labute approximate surface area is 140 Å². The summed E-state index contributed by atoms with van der Waals surface area (Å²) in [7, 11) is 0. The van der Waals surface area contributed by atoms with Crippen molar-refractivity contribution < 1.29 is 22.8 Å². The number of rotatable bonds is 4. The largest absolute Gasteiger partial charge is 0.416 e. The highest BCUT2D eigenvalue weighted by Gasteiger charge is 2.30. The lowest BCUT2D eigenvalue weighted by Gasteiger charge is -2.10. The number of anilines is 1. The molecular formula is C16H12ClF3N2O2. The van der Waals surface area contributed by atoms with Crippen LogP contribution >= 0.6 is 11.6 Å². The first kappa shape index (κ1) is 17.8. The van der Waals surface area contributed by atoms with Crippen molar-refractivity contribution in [2.75, 3.05) is 11.9 Å². The third kappa shape index (κ3) is 4.99. The van der Waals surface area contributed by atoms with Crippen molar-refractivity contribution in [3.05, 3.63) is 64.7 Å². The molecule has 0 atom stereocenters. The van der Waals surface area contributed by atoms with E-state index in [4.69, 9.17) is 11.6 Å². The molecule has 2 aromatic carbocycles. The molecule has 24 heavy (non-hydrogen) atoms. The minimum atomic E-state index is -4.50. The number of hydrogen-bond donors (Lipinski definition) is 2. The molecule has 2 rings (SSSR count). The maximum Gasteiger partial charge on any atom is 0.416 e. The van der Waals surface area contributed by atoms with Crippen LogP contribution in [0.15, 0.2) is 48.5 Å². The third-order valence-corrected chi connectivity index (χ3v) is 3.21. The van der Waals surface area contributed by atoms with Crippen LogP contribution in [0.25, 0.3) is 0 Å². The summed E-state index contributed by atoms with van der Waals surface area (Å²) in [6.45, 7) is -0.387. The van der Waals surface area contributed by atoms with Crippen LogP contribution in [0.5, 0.6) is 0 Å². The first-order valence-electron chi connectivity index (χ1n) is 6.76. The number of halogens is 4. The molecule has 0 fully saturated rings. The Morgan fingerprint density at radius 1 is 1.04 bits per heavy atom. The summed E-state index contributed by atoms with van der Waals surface area (Å²) in [6.07, 6.45) is -4.50. The van der Waals surface area contributed by atoms with E-state index in [2.05, 4.69) is 10.6 Å². The summed E-state index contributed by atoms with van der Waals surface area (Å²) < 4.78 is 37.8. The molecule has 0 spiro atoms. The van der Waals surface area contributed by atoms with Crippen LogP contribution in [0.1, 0.15) is 15.9 Å². The van der Waals surface area contributed by atoms with Crippen molar-refractivity contribution in [1.82, 2.24) is 5.32 Å². The normalized spacial score (nSPS) is 11.0. The van der Waals surface area contributed by atoms with E-state index in [9.17, 15) is 22.8 Å². The van der Waals surface area contributed by atoms with Crippen LogP contribution in [0, 0.1) is 0 Å². The maximum atomic E-state index is 12.6. The Balaban J connectivity index is 1.93. The minimum Gasteiger partial charge on any atom is -0.343 e. The highest BCUT2D eigenvalue weighted by molar-refractivity contribution is 6.31. The monoisotopic (exact) mass is 356 g/mol. The van der Waals surface area contributed by atoms with E-state index in [0.29, 0.717) is 5.02 Å². The Morgan fingerprint density at radius 3 is 2.42 bits per heavy atom. The van der Waals surface area contributed by atoms with E-state index in [-0.39, 0.29) is 17.8 Å². The molecule has 0 radical (unpaired) electrons. The molecule has 0 aliphatic carbocycles. The van der Waals surface area contributed by atoms with Crippen LogP contribution in [0.4, 0.5) is 18.9 Å². The van der Waals surface area contributed by atoms with Gasteiger partial charge in [-0.3, -0.25) is 9.59 Å². The Kier molecular flexibility index (Phi) is 5.46.